The van der Waals surface area contributed by atoms with E-state index in [1.807, 2.05) is 13.8 Å². The van der Waals surface area contributed by atoms with Crippen molar-refractivity contribution in [3.8, 4) is 5.75 Å². The number of pyridine rings is 2. The number of carbonyl (C=O) groups excluding carboxylic acids is 4. The molecular weight excluding hydrogens is 572 g/mol. The largest absolute Gasteiger partial charge is 0.494 e. The number of amides is 4. The van der Waals surface area contributed by atoms with Gasteiger partial charge in [0.15, 0.2) is 0 Å². The lowest BCUT2D eigenvalue weighted by atomic mass is 10.1. The van der Waals surface area contributed by atoms with E-state index >= 15 is 0 Å². The fourth-order valence-electron chi connectivity index (χ4n) is 4.41. The molecule has 0 saturated carbocycles. The molecule has 0 fully saturated rings. The summed E-state index contributed by atoms with van der Waals surface area (Å²) in [6, 6.07) is 14.5. The van der Waals surface area contributed by atoms with E-state index in [9.17, 15) is 19.2 Å². The maximum Gasteiger partial charge on any atom is 0.256 e. The van der Waals surface area contributed by atoms with Crippen molar-refractivity contribution in [2.45, 2.75) is 85.0 Å². The van der Waals surface area contributed by atoms with Gasteiger partial charge in [-0.2, -0.15) is 0 Å². The first kappa shape index (κ1) is 34.7. The average molecular weight is 617 g/mol. The van der Waals surface area contributed by atoms with Crippen LogP contribution in [-0.4, -0.2) is 40.2 Å². The lowest BCUT2D eigenvalue weighted by Gasteiger charge is -2.13. The van der Waals surface area contributed by atoms with Crippen molar-refractivity contribution < 1.29 is 23.9 Å². The normalized spacial score (nSPS) is 10.6. The van der Waals surface area contributed by atoms with E-state index in [1.54, 1.807) is 48.5 Å². The third kappa shape index (κ3) is 12.4. The molecule has 2 aromatic heterocycles. The summed E-state index contributed by atoms with van der Waals surface area (Å²) in [6.07, 6.45) is 8.71. The van der Waals surface area contributed by atoms with Gasteiger partial charge in [0.25, 0.3) is 11.8 Å². The second kappa shape index (κ2) is 18.8. The maximum absolute atomic E-state index is 13.3. The summed E-state index contributed by atoms with van der Waals surface area (Å²) in [5, 5.41) is 10.9. The number of rotatable bonds is 18. The number of hydrogen-bond acceptors (Lipinski definition) is 7. The number of nitrogens with zero attached hydrogens (tertiary/aromatic N) is 2. The summed E-state index contributed by atoms with van der Waals surface area (Å²) in [5.74, 6) is 0.171. The third-order valence-electron chi connectivity index (χ3n) is 6.67. The smallest absolute Gasteiger partial charge is 0.256 e. The fourth-order valence-corrected chi connectivity index (χ4v) is 4.41. The molecule has 4 N–H and O–H groups in total. The highest BCUT2D eigenvalue weighted by Crippen LogP contribution is 2.21. The second-order valence-corrected chi connectivity index (χ2v) is 10.7. The van der Waals surface area contributed by atoms with Gasteiger partial charge in [0.05, 0.1) is 6.61 Å². The van der Waals surface area contributed by atoms with E-state index in [1.165, 1.54) is 25.3 Å². The Morgan fingerprint density at radius 1 is 0.578 bits per heavy atom. The van der Waals surface area contributed by atoms with E-state index in [4.69, 9.17) is 4.74 Å². The first-order chi connectivity index (χ1) is 21.8. The number of hydrogen-bond donors (Lipinski definition) is 4. The summed E-state index contributed by atoms with van der Waals surface area (Å²) < 4.78 is 5.98. The molecule has 3 aromatic rings. The number of ether oxygens (including phenoxy) is 1. The molecule has 0 spiro atoms. The summed E-state index contributed by atoms with van der Waals surface area (Å²) in [5.41, 5.74) is 0.382. The molecular formula is C34H44N6O5. The van der Waals surface area contributed by atoms with Gasteiger partial charge in [-0.25, -0.2) is 9.97 Å². The van der Waals surface area contributed by atoms with Gasteiger partial charge in [0.2, 0.25) is 11.8 Å². The molecule has 11 nitrogen and oxygen atoms in total. The van der Waals surface area contributed by atoms with Crippen LogP contribution in [0, 0.1) is 0 Å². The zero-order chi connectivity index (χ0) is 32.4. The van der Waals surface area contributed by atoms with E-state index in [0.29, 0.717) is 49.7 Å². The van der Waals surface area contributed by atoms with Crippen molar-refractivity contribution in [2.24, 2.45) is 0 Å². The van der Waals surface area contributed by atoms with Crippen molar-refractivity contribution in [2.75, 3.05) is 27.9 Å². The van der Waals surface area contributed by atoms with Crippen molar-refractivity contribution in [1.82, 2.24) is 9.97 Å². The molecule has 2 heterocycles. The van der Waals surface area contributed by atoms with Crippen LogP contribution in [-0.2, 0) is 9.59 Å². The molecule has 0 unspecified atom stereocenters. The van der Waals surface area contributed by atoms with Gasteiger partial charge in [-0.05, 0) is 61.7 Å². The second-order valence-electron chi connectivity index (χ2n) is 10.7. The van der Waals surface area contributed by atoms with Crippen molar-refractivity contribution in [1.29, 1.82) is 0 Å². The van der Waals surface area contributed by atoms with Crippen molar-refractivity contribution >= 4 is 46.9 Å². The lowest BCUT2D eigenvalue weighted by molar-refractivity contribution is -0.117. The van der Waals surface area contributed by atoms with Crippen LogP contribution in [0.15, 0.2) is 54.6 Å². The topological polar surface area (TPSA) is 151 Å². The predicted molar refractivity (Wildman–Crippen MR) is 177 cm³/mol. The molecule has 0 radical (unpaired) electrons. The average Bonchev–Trinajstić information content (AvgIpc) is 3.01. The Labute approximate surface area is 265 Å². The Balaban J connectivity index is 1.78. The SMILES string of the molecule is CCCCCCCCOc1cc(C(=O)Nc2cccc(NC(=O)CCC)n2)cc(C(=O)Nc2cccc(NC(=O)CCC)n2)c1. The number of aromatic nitrogens is 2. The quantitative estimate of drug-likeness (QED) is 0.110. The standard InChI is InChI=1S/C34H44N6O5/c1-4-7-8-9-10-11-20-45-26-22-24(33(43)39-29-18-12-16-27(35-29)37-31(41)14-5-2)21-25(23-26)34(44)40-30-19-13-17-28(36-30)38-32(42)15-6-3/h12-13,16-19,21-23H,4-11,14-15,20H2,1-3H3,(H2,35,37,39,41,43)(H2,36,38,40,42,44). The van der Waals surface area contributed by atoms with Gasteiger partial charge in [0, 0.05) is 24.0 Å². The molecule has 4 amide bonds. The lowest BCUT2D eigenvalue weighted by Crippen LogP contribution is -2.18. The Kier molecular flexibility index (Phi) is 14.5. The van der Waals surface area contributed by atoms with Crippen LogP contribution in [0.1, 0.15) is 106 Å². The fraction of sp³-hybridized carbons (Fsp3) is 0.412. The highest BCUT2D eigenvalue weighted by molar-refractivity contribution is 6.09. The monoisotopic (exact) mass is 616 g/mol. The van der Waals surface area contributed by atoms with E-state index < -0.39 is 11.8 Å². The number of carbonyl (C=O) groups is 4. The molecule has 45 heavy (non-hydrogen) atoms. The Morgan fingerprint density at radius 2 is 1.02 bits per heavy atom. The number of unbranched alkanes of at least 4 members (excludes halogenated alkanes) is 5. The van der Waals surface area contributed by atoms with Gasteiger partial charge in [-0.3, -0.25) is 19.2 Å². The summed E-state index contributed by atoms with van der Waals surface area (Å²) in [4.78, 5) is 59.3. The number of nitrogens with one attached hydrogen (secondary N) is 4. The number of anilines is 4. The summed E-state index contributed by atoms with van der Waals surface area (Å²) in [7, 11) is 0. The van der Waals surface area contributed by atoms with Crippen molar-refractivity contribution in [3.05, 3.63) is 65.7 Å². The zero-order valence-corrected chi connectivity index (χ0v) is 26.4. The van der Waals surface area contributed by atoms with E-state index in [0.717, 1.165) is 19.3 Å². The molecule has 1 aromatic carbocycles. The van der Waals surface area contributed by atoms with Crippen LogP contribution >= 0.6 is 0 Å². The molecule has 0 saturated heterocycles. The van der Waals surface area contributed by atoms with Gasteiger partial charge >= 0.3 is 0 Å². The summed E-state index contributed by atoms with van der Waals surface area (Å²) in [6.45, 7) is 6.44. The van der Waals surface area contributed by atoms with Crippen LogP contribution in [0.3, 0.4) is 0 Å². The highest BCUT2D eigenvalue weighted by atomic mass is 16.5. The molecule has 0 atom stereocenters. The minimum absolute atomic E-state index is 0.164. The van der Waals surface area contributed by atoms with Crippen LogP contribution in [0.2, 0.25) is 0 Å². The van der Waals surface area contributed by atoms with Gasteiger partial charge in [-0.15, -0.1) is 0 Å². The maximum atomic E-state index is 13.3. The van der Waals surface area contributed by atoms with E-state index in [-0.39, 0.29) is 34.6 Å². The van der Waals surface area contributed by atoms with Gasteiger partial charge < -0.3 is 26.0 Å². The molecule has 0 aliphatic heterocycles. The first-order valence-electron chi connectivity index (χ1n) is 15.8. The van der Waals surface area contributed by atoms with E-state index in [2.05, 4.69) is 38.2 Å². The predicted octanol–water partition coefficient (Wildman–Crippen LogP) is 7.20. The first-order valence-corrected chi connectivity index (χ1v) is 15.8. The molecule has 240 valence electrons. The molecule has 0 aliphatic carbocycles. The highest BCUT2D eigenvalue weighted by Gasteiger charge is 2.16. The van der Waals surface area contributed by atoms with Gasteiger partial charge in [0.1, 0.15) is 29.0 Å². The van der Waals surface area contributed by atoms with Crippen LogP contribution in [0.25, 0.3) is 0 Å². The Bertz CT molecular complexity index is 1350. The Morgan fingerprint density at radius 3 is 1.49 bits per heavy atom. The van der Waals surface area contributed by atoms with Crippen molar-refractivity contribution in [3.63, 3.8) is 0 Å². The molecule has 11 heteroatoms. The number of benzene rings is 1. The zero-order valence-electron chi connectivity index (χ0n) is 26.4. The minimum atomic E-state index is -0.502. The van der Waals surface area contributed by atoms with Crippen LogP contribution in [0.4, 0.5) is 23.3 Å². The van der Waals surface area contributed by atoms with Crippen LogP contribution < -0.4 is 26.0 Å². The molecule has 3 rings (SSSR count). The third-order valence-corrected chi connectivity index (χ3v) is 6.67. The minimum Gasteiger partial charge on any atom is -0.494 e. The van der Waals surface area contributed by atoms with Gasteiger partial charge in [-0.1, -0.05) is 65.0 Å². The molecule has 0 bridgehead atoms. The molecule has 0 aliphatic rings. The van der Waals surface area contributed by atoms with Crippen LogP contribution in [0.5, 0.6) is 5.75 Å². The Hall–Kier alpha value is -4.80. The summed E-state index contributed by atoms with van der Waals surface area (Å²) >= 11 is 0.